The van der Waals surface area contributed by atoms with Crippen LogP contribution in [0.2, 0.25) is 0 Å². The van der Waals surface area contributed by atoms with Crippen molar-refractivity contribution < 1.29 is 9.90 Å². The zero-order valence-electron chi connectivity index (χ0n) is 19.7. The minimum atomic E-state index is -1.25. The molecule has 0 saturated carbocycles. The summed E-state index contributed by atoms with van der Waals surface area (Å²) in [6, 6.07) is 38.5. The van der Waals surface area contributed by atoms with Gasteiger partial charge in [-0.2, -0.15) is 5.26 Å². The first-order valence-electron chi connectivity index (χ1n) is 11.5. The lowest BCUT2D eigenvalue weighted by molar-refractivity contribution is -0.132. The molecule has 1 N–H and O–H groups in total. The third-order valence-electron chi connectivity index (χ3n) is 5.75. The number of aromatic nitrogens is 1. The Bertz CT molecular complexity index is 1550. The molecule has 0 fully saturated rings. The SMILES string of the molecule is N#C/C(=C\c1ccc(-c2ccc(-c3ccc(N(c4ccccc4)c4ccccc4)cc3)s2)nc1)C(=O)O. The number of para-hydroxylation sites is 2. The number of anilines is 3. The first-order valence-corrected chi connectivity index (χ1v) is 12.4. The number of carbonyl (C=O) groups is 1. The zero-order chi connectivity index (χ0) is 25.6. The number of hydrogen-bond donors (Lipinski definition) is 1. The average Bonchev–Trinajstić information content (AvgIpc) is 3.44. The van der Waals surface area contributed by atoms with Crippen LogP contribution in [0.1, 0.15) is 5.56 Å². The van der Waals surface area contributed by atoms with E-state index >= 15 is 0 Å². The van der Waals surface area contributed by atoms with E-state index in [1.165, 1.54) is 6.08 Å². The number of rotatable bonds is 7. The van der Waals surface area contributed by atoms with Crippen LogP contribution in [-0.4, -0.2) is 16.1 Å². The van der Waals surface area contributed by atoms with E-state index in [0.29, 0.717) is 5.56 Å². The molecular formula is C31H21N3O2S. The van der Waals surface area contributed by atoms with Crippen molar-refractivity contribution in [2.45, 2.75) is 0 Å². The lowest BCUT2D eigenvalue weighted by atomic mass is 10.1. The number of hydrogen-bond acceptors (Lipinski definition) is 5. The Kier molecular flexibility index (Phi) is 6.89. The molecule has 0 spiro atoms. The van der Waals surface area contributed by atoms with Gasteiger partial charge < -0.3 is 10.0 Å². The van der Waals surface area contributed by atoms with Gasteiger partial charge in [0.2, 0.25) is 0 Å². The standard InChI is InChI=1S/C31H21N3O2S/c32-20-24(31(35)36)19-22-11-16-28(33-21-22)30-18-17-29(37-30)23-12-14-27(15-13-23)34(25-7-3-1-4-8-25)26-9-5-2-6-10-26/h1-19,21H,(H,35,36)/b24-19+. The fourth-order valence-corrected chi connectivity index (χ4v) is 4.94. The maximum absolute atomic E-state index is 11.1. The molecule has 178 valence electrons. The Balaban J connectivity index is 1.39. The molecule has 0 aliphatic heterocycles. The molecule has 2 aromatic heterocycles. The normalized spacial score (nSPS) is 11.1. The molecule has 5 rings (SSSR count). The second-order valence-corrected chi connectivity index (χ2v) is 9.25. The van der Waals surface area contributed by atoms with Crippen molar-refractivity contribution in [2.75, 3.05) is 4.90 Å². The third kappa shape index (κ3) is 5.32. The van der Waals surface area contributed by atoms with Crippen molar-refractivity contribution >= 4 is 40.4 Å². The highest BCUT2D eigenvalue weighted by Gasteiger charge is 2.13. The highest BCUT2D eigenvalue weighted by molar-refractivity contribution is 7.18. The van der Waals surface area contributed by atoms with Crippen LogP contribution < -0.4 is 4.90 Å². The fraction of sp³-hybridized carbons (Fsp3) is 0. The third-order valence-corrected chi connectivity index (χ3v) is 6.90. The summed E-state index contributed by atoms with van der Waals surface area (Å²) in [4.78, 5) is 19.9. The van der Waals surface area contributed by atoms with Crippen molar-refractivity contribution in [3.8, 4) is 27.1 Å². The number of nitrogens with zero attached hydrogens (tertiary/aromatic N) is 3. The van der Waals surface area contributed by atoms with Crippen LogP contribution in [0.25, 0.3) is 27.1 Å². The zero-order valence-corrected chi connectivity index (χ0v) is 20.5. The Morgan fingerprint density at radius 2 is 1.38 bits per heavy atom. The smallest absolute Gasteiger partial charge is 0.346 e. The highest BCUT2D eigenvalue weighted by atomic mass is 32.1. The molecule has 2 heterocycles. The minimum absolute atomic E-state index is 0.325. The van der Waals surface area contributed by atoms with E-state index in [0.717, 1.165) is 38.1 Å². The molecule has 0 amide bonds. The van der Waals surface area contributed by atoms with Gasteiger partial charge in [0.15, 0.2) is 0 Å². The molecule has 0 saturated heterocycles. The molecule has 0 atom stereocenters. The maximum Gasteiger partial charge on any atom is 0.346 e. The van der Waals surface area contributed by atoms with Crippen LogP contribution >= 0.6 is 11.3 Å². The number of benzene rings is 3. The van der Waals surface area contributed by atoms with Gasteiger partial charge in [-0.25, -0.2) is 4.79 Å². The van der Waals surface area contributed by atoms with Gasteiger partial charge in [0.05, 0.1) is 10.6 Å². The largest absolute Gasteiger partial charge is 0.477 e. The topological polar surface area (TPSA) is 77.2 Å². The van der Waals surface area contributed by atoms with Gasteiger partial charge in [0.1, 0.15) is 11.6 Å². The second kappa shape index (κ2) is 10.7. The first kappa shape index (κ1) is 23.7. The van der Waals surface area contributed by atoms with Gasteiger partial charge in [-0.3, -0.25) is 4.98 Å². The van der Waals surface area contributed by atoms with Crippen LogP contribution in [0.15, 0.2) is 121 Å². The predicted octanol–water partition coefficient (Wildman–Crippen LogP) is 7.94. The first-order chi connectivity index (χ1) is 18.1. The Labute approximate surface area is 218 Å². The number of carboxylic acids is 1. The molecule has 6 heteroatoms. The predicted molar refractivity (Wildman–Crippen MR) is 149 cm³/mol. The fourth-order valence-electron chi connectivity index (χ4n) is 3.95. The Morgan fingerprint density at radius 1 is 0.784 bits per heavy atom. The van der Waals surface area contributed by atoms with Gasteiger partial charge >= 0.3 is 5.97 Å². The molecule has 37 heavy (non-hydrogen) atoms. The highest BCUT2D eigenvalue weighted by Crippen LogP contribution is 2.37. The summed E-state index contributed by atoms with van der Waals surface area (Å²) >= 11 is 1.64. The van der Waals surface area contributed by atoms with Gasteiger partial charge in [0, 0.05) is 28.1 Å². The monoisotopic (exact) mass is 499 g/mol. The Morgan fingerprint density at radius 3 is 1.92 bits per heavy atom. The second-order valence-electron chi connectivity index (χ2n) is 8.17. The summed E-state index contributed by atoms with van der Waals surface area (Å²) in [5.41, 5.74) is 5.40. The van der Waals surface area contributed by atoms with Crippen LogP contribution in [0.5, 0.6) is 0 Å². The summed E-state index contributed by atoms with van der Waals surface area (Å²) in [5.74, 6) is -1.25. The van der Waals surface area contributed by atoms with Gasteiger partial charge in [-0.05, 0) is 71.8 Å². The van der Waals surface area contributed by atoms with Gasteiger partial charge in [0.25, 0.3) is 0 Å². The van der Waals surface area contributed by atoms with E-state index in [-0.39, 0.29) is 5.57 Å². The average molecular weight is 500 g/mol. The lowest BCUT2D eigenvalue weighted by Crippen LogP contribution is -2.09. The quantitative estimate of drug-likeness (QED) is 0.182. The van der Waals surface area contributed by atoms with Crippen molar-refractivity contribution in [3.63, 3.8) is 0 Å². The van der Waals surface area contributed by atoms with E-state index in [4.69, 9.17) is 10.4 Å². The van der Waals surface area contributed by atoms with Gasteiger partial charge in [-0.15, -0.1) is 11.3 Å². The van der Waals surface area contributed by atoms with Crippen molar-refractivity contribution in [1.29, 1.82) is 5.26 Å². The Hall–Kier alpha value is -4.99. The van der Waals surface area contributed by atoms with Gasteiger partial charge in [-0.1, -0.05) is 54.6 Å². The molecule has 0 aliphatic rings. The molecule has 3 aromatic carbocycles. The van der Waals surface area contributed by atoms with Crippen LogP contribution in [0.3, 0.4) is 0 Å². The van der Waals surface area contributed by atoms with E-state index in [9.17, 15) is 4.79 Å². The molecule has 0 unspecified atom stereocenters. The number of aliphatic carboxylic acids is 1. The molecule has 0 bridgehead atoms. The maximum atomic E-state index is 11.1. The lowest BCUT2D eigenvalue weighted by Gasteiger charge is -2.25. The number of nitriles is 1. The van der Waals surface area contributed by atoms with Crippen LogP contribution in [0.4, 0.5) is 17.1 Å². The summed E-state index contributed by atoms with van der Waals surface area (Å²) in [7, 11) is 0. The summed E-state index contributed by atoms with van der Waals surface area (Å²) in [5, 5.41) is 18.0. The van der Waals surface area contributed by atoms with E-state index in [1.807, 2.05) is 48.5 Å². The van der Waals surface area contributed by atoms with E-state index in [2.05, 4.69) is 64.5 Å². The summed E-state index contributed by atoms with van der Waals surface area (Å²) < 4.78 is 0. The minimum Gasteiger partial charge on any atom is -0.477 e. The van der Waals surface area contributed by atoms with E-state index in [1.54, 1.807) is 29.7 Å². The summed E-state index contributed by atoms with van der Waals surface area (Å²) in [6.45, 7) is 0. The molecular weight excluding hydrogens is 478 g/mol. The number of carboxylic acid groups (broad SMARTS) is 1. The molecule has 5 aromatic rings. The molecule has 0 radical (unpaired) electrons. The number of thiophene rings is 1. The van der Waals surface area contributed by atoms with E-state index < -0.39 is 5.97 Å². The van der Waals surface area contributed by atoms with Crippen molar-refractivity contribution in [3.05, 3.63) is 127 Å². The van der Waals surface area contributed by atoms with Crippen molar-refractivity contribution in [2.24, 2.45) is 0 Å². The number of pyridine rings is 1. The molecule has 5 nitrogen and oxygen atoms in total. The van der Waals surface area contributed by atoms with Crippen LogP contribution in [0, 0.1) is 11.3 Å². The van der Waals surface area contributed by atoms with Crippen molar-refractivity contribution in [1.82, 2.24) is 4.98 Å². The molecule has 0 aliphatic carbocycles. The summed E-state index contributed by atoms with van der Waals surface area (Å²) in [6.07, 6.45) is 2.89. The van der Waals surface area contributed by atoms with Crippen LogP contribution in [-0.2, 0) is 4.79 Å².